The summed E-state index contributed by atoms with van der Waals surface area (Å²) in [5.41, 5.74) is 1.53. The van der Waals surface area contributed by atoms with Gasteiger partial charge in [-0.15, -0.1) is 0 Å². The molecule has 0 saturated carbocycles. The largest absolute Gasteiger partial charge is 0.486 e. The van der Waals surface area contributed by atoms with Crippen molar-refractivity contribution in [2.45, 2.75) is 30.7 Å². The Kier molecular flexibility index (Phi) is 4.99. The number of ether oxygens (including phenoxy) is 2. The SMILES string of the molecule is Cc1ccc(S(=O)(=O)N2CCC[C@H]2C(=O)Nc2ccc3c(c2)OCCO3)cc1. The summed E-state index contributed by atoms with van der Waals surface area (Å²) in [5, 5.41) is 2.82. The number of sulfonamides is 1. The zero-order valence-corrected chi connectivity index (χ0v) is 16.4. The summed E-state index contributed by atoms with van der Waals surface area (Å²) < 4.78 is 38.3. The van der Waals surface area contributed by atoms with E-state index in [1.54, 1.807) is 42.5 Å². The van der Waals surface area contributed by atoms with Crippen molar-refractivity contribution >= 4 is 21.6 Å². The lowest BCUT2D eigenvalue weighted by Gasteiger charge is -2.24. The van der Waals surface area contributed by atoms with Crippen LogP contribution in [0.15, 0.2) is 47.4 Å². The first kappa shape index (κ1) is 18.8. The van der Waals surface area contributed by atoms with Crippen LogP contribution >= 0.6 is 0 Å². The Morgan fingerprint density at radius 2 is 1.79 bits per heavy atom. The number of fused-ring (bicyclic) bond motifs is 1. The highest BCUT2D eigenvalue weighted by atomic mass is 32.2. The van der Waals surface area contributed by atoms with E-state index in [1.165, 1.54) is 4.31 Å². The average Bonchev–Trinajstić information content (AvgIpc) is 3.19. The Bertz CT molecular complexity index is 988. The predicted octanol–water partition coefficient (Wildman–Crippen LogP) is 2.56. The number of carbonyl (C=O) groups is 1. The minimum absolute atomic E-state index is 0.206. The molecular weight excluding hydrogens is 380 g/mol. The maximum atomic E-state index is 13.0. The van der Waals surface area contributed by atoms with Gasteiger partial charge < -0.3 is 14.8 Å². The molecule has 2 aliphatic heterocycles. The van der Waals surface area contributed by atoms with E-state index in [0.717, 1.165) is 5.56 Å². The summed E-state index contributed by atoms with van der Waals surface area (Å²) in [6.07, 6.45) is 1.13. The van der Waals surface area contributed by atoms with Crippen LogP contribution in [0.1, 0.15) is 18.4 Å². The number of aryl methyl sites for hydroxylation is 1. The van der Waals surface area contributed by atoms with E-state index >= 15 is 0 Å². The number of nitrogens with one attached hydrogen (secondary N) is 1. The quantitative estimate of drug-likeness (QED) is 0.850. The fourth-order valence-corrected chi connectivity index (χ4v) is 5.14. The summed E-state index contributed by atoms with van der Waals surface area (Å²) >= 11 is 0. The first-order valence-electron chi connectivity index (χ1n) is 9.24. The third-order valence-corrected chi connectivity index (χ3v) is 6.87. The van der Waals surface area contributed by atoms with Crippen molar-refractivity contribution in [3.8, 4) is 11.5 Å². The molecule has 8 heteroatoms. The van der Waals surface area contributed by atoms with Gasteiger partial charge in [0.2, 0.25) is 15.9 Å². The van der Waals surface area contributed by atoms with Crippen LogP contribution in [0.2, 0.25) is 0 Å². The van der Waals surface area contributed by atoms with Gasteiger partial charge in [-0.25, -0.2) is 8.42 Å². The molecule has 1 amide bonds. The van der Waals surface area contributed by atoms with Gasteiger partial charge in [-0.2, -0.15) is 4.31 Å². The van der Waals surface area contributed by atoms with Gasteiger partial charge in [0.15, 0.2) is 11.5 Å². The Balaban J connectivity index is 1.53. The summed E-state index contributed by atoms with van der Waals surface area (Å²) in [4.78, 5) is 13.0. The van der Waals surface area contributed by atoms with Crippen LogP contribution in [0.5, 0.6) is 11.5 Å². The molecular formula is C20H22N2O5S. The van der Waals surface area contributed by atoms with E-state index in [9.17, 15) is 13.2 Å². The van der Waals surface area contributed by atoms with Crippen molar-refractivity contribution in [2.24, 2.45) is 0 Å². The highest BCUT2D eigenvalue weighted by Gasteiger charge is 2.39. The second-order valence-electron chi connectivity index (χ2n) is 6.93. The minimum Gasteiger partial charge on any atom is -0.486 e. The topological polar surface area (TPSA) is 84.9 Å². The van der Waals surface area contributed by atoms with Gasteiger partial charge in [0.05, 0.1) is 4.90 Å². The van der Waals surface area contributed by atoms with Crippen molar-refractivity contribution in [3.05, 3.63) is 48.0 Å². The van der Waals surface area contributed by atoms with E-state index in [4.69, 9.17) is 9.47 Å². The highest BCUT2D eigenvalue weighted by molar-refractivity contribution is 7.89. The number of hydrogen-bond acceptors (Lipinski definition) is 5. The summed E-state index contributed by atoms with van der Waals surface area (Å²) in [7, 11) is -3.73. The predicted molar refractivity (Wildman–Crippen MR) is 104 cm³/mol. The smallest absolute Gasteiger partial charge is 0.243 e. The van der Waals surface area contributed by atoms with E-state index in [1.807, 2.05) is 6.92 Å². The van der Waals surface area contributed by atoms with Crippen LogP contribution in [0.3, 0.4) is 0 Å². The van der Waals surface area contributed by atoms with Gasteiger partial charge in [0, 0.05) is 18.3 Å². The zero-order valence-electron chi connectivity index (χ0n) is 15.6. The first-order valence-corrected chi connectivity index (χ1v) is 10.7. The lowest BCUT2D eigenvalue weighted by molar-refractivity contribution is -0.119. The lowest BCUT2D eigenvalue weighted by atomic mass is 10.2. The van der Waals surface area contributed by atoms with Crippen LogP contribution in [0, 0.1) is 6.92 Å². The number of nitrogens with zero attached hydrogens (tertiary/aromatic N) is 1. The number of hydrogen-bond donors (Lipinski definition) is 1. The van der Waals surface area contributed by atoms with Crippen molar-refractivity contribution in [1.82, 2.24) is 4.31 Å². The Morgan fingerprint density at radius 3 is 2.54 bits per heavy atom. The number of anilines is 1. The maximum absolute atomic E-state index is 13.0. The van der Waals surface area contributed by atoms with Crippen molar-refractivity contribution in [2.75, 3.05) is 25.1 Å². The molecule has 1 fully saturated rings. The molecule has 2 aromatic carbocycles. The minimum atomic E-state index is -3.73. The molecule has 1 N–H and O–H groups in total. The van der Waals surface area contributed by atoms with Crippen molar-refractivity contribution < 1.29 is 22.7 Å². The van der Waals surface area contributed by atoms with Crippen LogP contribution in [0.25, 0.3) is 0 Å². The number of amides is 1. The molecule has 2 aliphatic rings. The summed E-state index contributed by atoms with van der Waals surface area (Å²) in [6.45, 7) is 3.17. The molecule has 28 heavy (non-hydrogen) atoms. The first-order chi connectivity index (χ1) is 13.4. The lowest BCUT2D eigenvalue weighted by Crippen LogP contribution is -2.43. The fraction of sp³-hybridized carbons (Fsp3) is 0.350. The van der Waals surface area contributed by atoms with Crippen LogP contribution in [-0.2, 0) is 14.8 Å². The standard InChI is InChI=1S/C20H22N2O5S/c1-14-4-7-16(8-5-14)28(24,25)22-10-2-3-17(22)20(23)21-15-6-9-18-19(13-15)27-12-11-26-18/h4-9,13,17H,2-3,10-12H2,1H3,(H,21,23)/t17-/m0/s1. The molecule has 0 spiro atoms. The Hall–Kier alpha value is -2.58. The summed E-state index contributed by atoms with van der Waals surface area (Å²) in [5.74, 6) is 0.859. The molecule has 148 valence electrons. The monoisotopic (exact) mass is 402 g/mol. The van der Waals surface area contributed by atoms with E-state index in [2.05, 4.69) is 5.32 Å². The second-order valence-corrected chi connectivity index (χ2v) is 8.83. The third-order valence-electron chi connectivity index (χ3n) is 4.94. The van der Waals surface area contributed by atoms with E-state index < -0.39 is 16.1 Å². The number of rotatable bonds is 4. The molecule has 2 aromatic rings. The molecule has 4 rings (SSSR count). The molecule has 0 bridgehead atoms. The van der Waals surface area contributed by atoms with Gasteiger partial charge in [0.1, 0.15) is 19.3 Å². The van der Waals surface area contributed by atoms with Gasteiger partial charge in [-0.05, 0) is 44.0 Å². The molecule has 0 radical (unpaired) electrons. The van der Waals surface area contributed by atoms with Crippen molar-refractivity contribution in [1.29, 1.82) is 0 Å². The van der Waals surface area contributed by atoms with Gasteiger partial charge in [0.25, 0.3) is 0 Å². The molecule has 0 unspecified atom stereocenters. The highest BCUT2D eigenvalue weighted by Crippen LogP contribution is 2.33. The third kappa shape index (κ3) is 3.57. The van der Waals surface area contributed by atoms with E-state index in [-0.39, 0.29) is 10.8 Å². The van der Waals surface area contributed by atoms with Gasteiger partial charge in [-0.3, -0.25) is 4.79 Å². The van der Waals surface area contributed by atoms with Crippen LogP contribution in [-0.4, -0.2) is 44.4 Å². The molecule has 0 aromatic heterocycles. The van der Waals surface area contributed by atoms with Crippen molar-refractivity contribution in [3.63, 3.8) is 0 Å². The molecule has 7 nitrogen and oxygen atoms in total. The van der Waals surface area contributed by atoms with Crippen LogP contribution in [0.4, 0.5) is 5.69 Å². The van der Waals surface area contributed by atoms with E-state index in [0.29, 0.717) is 49.8 Å². The second kappa shape index (κ2) is 7.44. The normalized spacial score (nSPS) is 19.4. The molecule has 1 atom stereocenters. The molecule has 2 heterocycles. The molecule has 1 saturated heterocycles. The Labute approximate surface area is 164 Å². The average molecular weight is 402 g/mol. The molecule has 0 aliphatic carbocycles. The summed E-state index contributed by atoms with van der Waals surface area (Å²) in [6, 6.07) is 11.1. The van der Waals surface area contributed by atoms with Gasteiger partial charge in [-0.1, -0.05) is 17.7 Å². The fourth-order valence-electron chi connectivity index (χ4n) is 3.48. The van der Waals surface area contributed by atoms with Gasteiger partial charge >= 0.3 is 0 Å². The zero-order chi connectivity index (χ0) is 19.7. The van der Waals surface area contributed by atoms with Crippen LogP contribution < -0.4 is 14.8 Å². The number of carbonyl (C=O) groups excluding carboxylic acids is 1. The maximum Gasteiger partial charge on any atom is 0.243 e. The number of benzene rings is 2. The Morgan fingerprint density at radius 1 is 1.07 bits per heavy atom.